The van der Waals surface area contributed by atoms with Crippen LogP contribution in [-0.2, 0) is 9.59 Å². The molecule has 3 heterocycles. The fourth-order valence-corrected chi connectivity index (χ4v) is 3.98. The number of furan rings is 1. The van der Waals surface area contributed by atoms with Gasteiger partial charge in [-0.2, -0.15) is 0 Å². The highest BCUT2D eigenvalue weighted by atomic mass is 16.3. The molecule has 1 aliphatic rings. The lowest BCUT2D eigenvalue weighted by Crippen LogP contribution is -2.42. The van der Waals surface area contributed by atoms with Gasteiger partial charge in [-0.05, 0) is 61.4 Å². The Kier molecular flexibility index (Phi) is 8.28. The number of nitrogens with zero attached hydrogens (tertiary/aromatic N) is 3. The summed E-state index contributed by atoms with van der Waals surface area (Å²) >= 11 is 0. The number of amides is 3. The molecule has 2 aromatic heterocycles. The Morgan fingerprint density at radius 2 is 1.72 bits per heavy atom. The third kappa shape index (κ3) is 6.47. The normalized spacial score (nSPS) is 13.8. The molecule has 1 fully saturated rings. The van der Waals surface area contributed by atoms with Gasteiger partial charge in [-0.3, -0.25) is 14.4 Å². The molecule has 10 heteroatoms. The molecule has 3 N–H and O–H groups in total. The number of rotatable bonds is 9. The number of anilines is 2. The van der Waals surface area contributed by atoms with Crippen molar-refractivity contribution in [2.45, 2.75) is 26.2 Å². The van der Waals surface area contributed by atoms with Crippen LogP contribution in [-0.4, -0.2) is 54.1 Å². The minimum absolute atomic E-state index is 0.000769. The molecule has 0 atom stereocenters. The molecule has 0 bridgehead atoms. The third-order valence-corrected chi connectivity index (χ3v) is 6.08. The van der Waals surface area contributed by atoms with Crippen molar-refractivity contribution in [2.24, 2.45) is 5.92 Å². The van der Waals surface area contributed by atoms with Crippen molar-refractivity contribution in [3.63, 3.8) is 0 Å². The largest absolute Gasteiger partial charge is 0.463 e. The number of piperidine rings is 1. The predicted molar refractivity (Wildman–Crippen MR) is 135 cm³/mol. The minimum Gasteiger partial charge on any atom is -0.463 e. The van der Waals surface area contributed by atoms with Crippen LogP contribution < -0.4 is 20.9 Å². The summed E-state index contributed by atoms with van der Waals surface area (Å²) in [6, 6.07) is 14.1. The molecule has 0 saturated carbocycles. The Hall–Kier alpha value is -4.21. The first-order chi connectivity index (χ1) is 17.5. The van der Waals surface area contributed by atoms with Crippen molar-refractivity contribution in [1.29, 1.82) is 0 Å². The van der Waals surface area contributed by atoms with Crippen LogP contribution in [0, 0.1) is 5.92 Å². The maximum atomic E-state index is 12.6. The minimum atomic E-state index is -0.231. The van der Waals surface area contributed by atoms with Crippen molar-refractivity contribution in [2.75, 3.05) is 36.4 Å². The summed E-state index contributed by atoms with van der Waals surface area (Å²) in [6.45, 7) is 3.90. The molecule has 0 radical (unpaired) electrons. The van der Waals surface area contributed by atoms with Crippen molar-refractivity contribution >= 4 is 29.2 Å². The number of hydrogen-bond acceptors (Lipinski definition) is 7. The van der Waals surface area contributed by atoms with E-state index in [2.05, 4.69) is 31.0 Å². The van der Waals surface area contributed by atoms with E-state index in [1.807, 2.05) is 24.3 Å². The van der Waals surface area contributed by atoms with E-state index in [0.29, 0.717) is 42.2 Å². The molecular weight excluding hydrogens is 460 g/mol. The van der Waals surface area contributed by atoms with E-state index in [0.717, 1.165) is 31.7 Å². The van der Waals surface area contributed by atoms with Gasteiger partial charge < -0.3 is 25.3 Å². The maximum Gasteiger partial charge on any atom is 0.251 e. The molecule has 36 heavy (non-hydrogen) atoms. The van der Waals surface area contributed by atoms with Crippen LogP contribution in [0.15, 0.2) is 59.2 Å². The molecule has 188 valence electrons. The molecule has 0 spiro atoms. The van der Waals surface area contributed by atoms with Gasteiger partial charge in [0.25, 0.3) is 5.91 Å². The Balaban J connectivity index is 1.15. The predicted octanol–water partition coefficient (Wildman–Crippen LogP) is 2.85. The van der Waals surface area contributed by atoms with Gasteiger partial charge in [0, 0.05) is 49.8 Å². The number of carbonyl (C=O) groups excluding carboxylic acids is 3. The first kappa shape index (κ1) is 24.9. The van der Waals surface area contributed by atoms with Crippen LogP contribution in [0.25, 0.3) is 11.5 Å². The molecule has 3 aromatic rings. The summed E-state index contributed by atoms with van der Waals surface area (Å²) in [6.07, 6.45) is 3.44. The molecule has 10 nitrogen and oxygen atoms in total. The summed E-state index contributed by atoms with van der Waals surface area (Å²) in [5.74, 6) is 1.08. The molecule has 4 rings (SSSR count). The van der Waals surface area contributed by atoms with Gasteiger partial charge in [0.1, 0.15) is 5.69 Å². The highest BCUT2D eigenvalue weighted by molar-refractivity contribution is 5.95. The van der Waals surface area contributed by atoms with Crippen molar-refractivity contribution < 1.29 is 18.8 Å². The fraction of sp³-hybridized carbons (Fsp3) is 0.346. The summed E-state index contributed by atoms with van der Waals surface area (Å²) < 4.78 is 5.34. The van der Waals surface area contributed by atoms with Crippen LogP contribution in [0.2, 0.25) is 0 Å². The monoisotopic (exact) mass is 490 g/mol. The molecule has 0 unspecified atom stereocenters. The Labute approximate surface area is 209 Å². The lowest BCUT2D eigenvalue weighted by Gasteiger charge is -2.31. The smallest absolute Gasteiger partial charge is 0.251 e. The highest BCUT2D eigenvalue weighted by Gasteiger charge is 2.25. The zero-order valence-electron chi connectivity index (χ0n) is 20.2. The second-order valence-corrected chi connectivity index (χ2v) is 8.54. The summed E-state index contributed by atoms with van der Waals surface area (Å²) in [7, 11) is 0. The van der Waals surface area contributed by atoms with Crippen LogP contribution in [0.1, 0.15) is 36.5 Å². The third-order valence-electron chi connectivity index (χ3n) is 6.08. The quantitative estimate of drug-likeness (QED) is 0.393. The van der Waals surface area contributed by atoms with Crippen molar-refractivity contribution in [3.05, 3.63) is 60.4 Å². The van der Waals surface area contributed by atoms with Gasteiger partial charge >= 0.3 is 0 Å². The van der Waals surface area contributed by atoms with Crippen LogP contribution >= 0.6 is 0 Å². The number of hydrogen-bond donors (Lipinski definition) is 3. The van der Waals surface area contributed by atoms with E-state index >= 15 is 0 Å². The fourth-order valence-electron chi connectivity index (χ4n) is 3.98. The second kappa shape index (κ2) is 12.0. The lowest BCUT2D eigenvalue weighted by molar-refractivity contribution is -0.125. The molecule has 1 aliphatic heterocycles. The second-order valence-electron chi connectivity index (χ2n) is 8.54. The standard InChI is InChI=1S/C26H30N6O4/c1-2-24(33)29-20-7-5-18(6-8-20)25(34)27-13-14-28-26(35)19-11-15-32(16-12-19)23-10-9-21(30-31-23)22-4-3-17-36-22/h3-10,17,19H,2,11-16H2,1H3,(H,27,34)(H,28,35)(H,29,33). The number of nitrogens with one attached hydrogen (secondary N) is 3. The lowest BCUT2D eigenvalue weighted by atomic mass is 9.96. The van der Waals surface area contributed by atoms with E-state index in [4.69, 9.17) is 4.42 Å². The van der Waals surface area contributed by atoms with Gasteiger partial charge in [-0.25, -0.2) is 0 Å². The van der Waals surface area contributed by atoms with Gasteiger partial charge in [0.15, 0.2) is 11.6 Å². The summed E-state index contributed by atoms with van der Waals surface area (Å²) in [5, 5.41) is 17.0. The van der Waals surface area contributed by atoms with E-state index in [-0.39, 0.29) is 23.6 Å². The summed E-state index contributed by atoms with van der Waals surface area (Å²) in [5.41, 5.74) is 1.82. The number of benzene rings is 1. The molecular formula is C26H30N6O4. The number of aromatic nitrogens is 2. The highest BCUT2D eigenvalue weighted by Crippen LogP contribution is 2.23. The van der Waals surface area contributed by atoms with Crippen LogP contribution in [0.3, 0.4) is 0 Å². The zero-order chi connectivity index (χ0) is 25.3. The SMILES string of the molecule is CCC(=O)Nc1ccc(C(=O)NCCNC(=O)C2CCN(c3ccc(-c4ccco4)nn3)CC2)cc1. The van der Waals surface area contributed by atoms with Gasteiger partial charge in [-0.1, -0.05) is 6.92 Å². The Morgan fingerprint density at radius 3 is 2.36 bits per heavy atom. The average Bonchev–Trinajstić information content (AvgIpc) is 3.46. The van der Waals surface area contributed by atoms with E-state index in [1.54, 1.807) is 37.5 Å². The number of carbonyl (C=O) groups is 3. The topological polar surface area (TPSA) is 129 Å². The molecule has 0 aliphatic carbocycles. The van der Waals surface area contributed by atoms with E-state index in [1.165, 1.54) is 0 Å². The summed E-state index contributed by atoms with van der Waals surface area (Å²) in [4.78, 5) is 38.4. The van der Waals surface area contributed by atoms with Crippen LogP contribution in [0.4, 0.5) is 11.5 Å². The van der Waals surface area contributed by atoms with E-state index < -0.39 is 0 Å². The van der Waals surface area contributed by atoms with Gasteiger partial charge in [0.05, 0.1) is 6.26 Å². The van der Waals surface area contributed by atoms with Crippen LogP contribution in [0.5, 0.6) is 0 Å². The molecule has 3 amide bonds. The van der Waals surface area contributed by atoms with Gasteiger partial charge in [-0.15, -0.1) is 10.2 Å². The average molecular weight is 491 g/mol. The van der Waals surface area contributed by atoms with E-state index in [9.17, 15) is 14.4 Å². The zero-order valence-corrected chi connectivity index (χ0v) is 20.2. The van der Waals surface area contributed by atoms with Crippen molar-refractivity contribution in [1.82, 2.24) is 20.8 Å². The first-order valence-electron chi connectivity index (χ1n) is 12.1. The molecule has 1 saturated heterocycles. The van der Waals surface area contributed by atoms with Crippen molar-refractivity contribution in [3.8, 4) is 11.5 Å². The van der Waals surface area contributed by atoms with Gasteiger partial charge in [0.2, 0.25) is 11.8 Å². The Morgan fingerprint density at radius 1 is 0.972 bits per heavy atom. The first-order valence-corrected chi connectivity index (χ1v) is 12.1. The Bertz CT molecular complexity index is 1150. The molecule has 1 aromatic carbocycles. The maximum absolute atomic E-state index is 12.6.